The monoisotopic (exact) mass is 561 g/mol. The highest BCUT2D eigenvalue weighted by molar-refractivity contribution is 6.08. The molecule has 208 valence electrons. The molecular weight excluding hydrogens is 533 g/mol. The van der Waals surface area contributed by atoms with Gasteiger partial charge in [0.25, 0.3) is 0 Å². The number of alkyl halides is 1. The first-order chi connectivity index (χ1) is 21.0. The number of fused-ring (bicyclic) bond motifs is 5. The fourth-order valence-electron chi connectivity index (χ4n) is 6.44. The van der Waals surface area contributed by atoms with Crippen molar-refractivity contribution in [3.8, 4) is 28.4 Å². The van der Waals surface area contributed by atoms with Gasteiger partial charge in [-0.25, -0.2) is 9.37 Å². The van der Waals surface area contributed by atoms with Crippen molar-refractivity contribution in [2.45, 2.75) is 25.4 Å². The summed E-state index contributed by atoms with van der Waals surface area (Å²) >= 11 is 0. The minimum atomic E-state index is -1.31. The quantitative estimate of drug-likeness (QED) is 0.215. The van der Waals surface area contributed by atoms with Crippen LogP contribution in [-0.2, 0) is 5.41 Å². The molecule has 0 radical (unpaired) electrons. The highest BCUT2D eigenvalue weighted by Gasteiger charge is 2.35. The summed E-state index contributed by atoms with van der Waals surface area (Å²) < 4.78 is 24.8. The Hall–Kier alpha value is -5.29. The van der Waals surface area contributed by atoms with Gasteiger partial charge in [0.15, 0.2) is 6.17 Å². The third kappa shape index (κ3) is 4.03. The first kappa shape index (κ1) is 25.4. The van der Waals surface area contributed by atoms with Crippen LogP contribution in [-0.4, -0.2) is 14.5 Å². The molecule has 4 nitrogen and oxygen atoms in total. The second kappa shape index (κ2) is 9.63. The van der Waals surface area contributed by atoms with Gasteiger partial charge in [0, 0.05) is 57.0 Å². The third-order valence-electron chi connectivity index (χ3n) is 8.64. The molecule has 4 heterocycles. The van der Waals surface area contributed by atoms with E-state index < -0.39 is 6.17 Å². The van der Waals surface area contributed by atoms with Gasteiger partial charge in [-0.2, -0.15) is 0 Å². The molecule has 1 atom stereocenters. The summed E-state index contributed by atoms with van der Waals surface area (Å²) in [5.74, 6) is 1.70. The van der Waals surface area contributed by atoms with Crippen LogP contribution in [0.25, 0.3) is 38.9 Å². The van der Waals surface area contributed by atoms with Gasteiger partial charge in [-0.3, -0.25) is 9.55 Å². The Bertz CT molecular complexity index is 2170. The Morgan fingerprint density at radius 2 is 1.47 bits per heavy atom. The maximum absolute atomic E-state index is 16.2. The maximum Gasteiger partial charge on any atom is 0.150 e. The predicted octanol–water partition coefficient (Wildman–Crippen LogP) is 9.73. The van der Waals surface area contributed by atoms with Crippen LogP contribution < -0.4 is 4.74 Å². The van der Waals surface area contributed by atoms with Crippen LogP contribution in [0.2, 0.25) is 0 Å². The van der Waals surface area contributed by atoms with Crippen LogP contribution in [0.3, 0.4) is 0 Å². The van der Waals surface area contributed by atoms with Crippen LogP contribution in [0.5, 0.6) is 11.5 Å². The molecule has 0 aliphatic carbocycles. The number of halogens is 1. The van der Waals surface area contributed by atoms with Gasteiger partial charge in [-0.1, -0.05) is 68.4 Å². The molecule has 0 N–H and O–H groups in total. The molecule has 0 amide bonds. The lowest BCUT2D eigenvalue weighted by molar-refractivity contribution is 0.402. The zero-order chi connectivity index (χ0) is 29.1. The number of rotatable bonds is 4. The molecule has 0 spiro atoms. The molecule has 1 aliphatic heterocycles. The summed E-state index contributed by atoms with van der Waals surface area (Å²) in [4.78, 5) is 9.23. The lowest BCUT2D eigenvalue weighted by Gasteiger charge is -2.34. The molecule has 3 aromatic heterocycles. The smallest absolute Gasteiger partial charge is 0.150 e. The molecule has 5 heteroatoms. The van der Waals surface area contributed by atoms with E-state index in [0.717, 1.165) is 61.5 Å². The van der Waals surface area contributed by atoms with E-state index in [1.54, 1.807) is 12.4 Å². The molecule has 43 heavy (non-hydrogen) atoms. The van der Waals surface area contributed by atoms with Gasteiger partial charge < -0.3 is 4.74 Å². The molecule has 4 aromatic carbocycles. The number of aromatic nitrogens is 3. The number of ether oxygens (including phenoxy) is 1. The van der Waals surface area contributed by atoms with Crippen molar-refractivity contribution in [3.05, 3.63) is 150 Å². The SMILES string of the molecule is CC1(C)c2ccccc2Oc2cc3c(cc21)c1cccnc1n3-c1cccc(C(F)c2cccc(-c3ccccn3)c2)c1. The van der Waals surface area contributed by atoms with Crippen molar-refractivity contribution < 1.29 is 9.13 Å². The molecule has 1 aliphatic rings. The Morgan fingerprint density at radius 3 is 2.33 bits per heavy atom. The summed E-state index contributed by atoms with van der Waals surface area (Å²) in [5, 5.41) is 2.13. The Balaban J connectivity index is 1.27. The van der Waals surface area contributed by atoms with Crippen molar-refractivity contribution in [3.63, 3.8) is 0 Å². The topological polar surface area (TPSA) is 39.9 Å². The van der Waals surface area contributed by atoms with Crippen LogP contribution >= 0.6 is 0 Å². The average Bonchev–Trinajstić information content (AvgIpc) is 3.37. The molecule has 8 rings (SSSR count). The standard InChI is InChI=1S/C38H28FN3O/c1-38(2)30-15-3-4-17-34(30)43-35-23-33-29(22-31(35)38)28-14-9-19-41-37(28)42(33)27-13-8-12-26(21-27)36(39)25-11-7-10-24(20-25)32-16-5-6-18-40-32/h3-23,36H,1-2H3. The third-order valence-corrected chi connectivity index (χ3v) is 8.64. The lowest BCUT2D eigenvalue weighted by atomic mass is 9.75. The largest absolute Gasteiger partial charge is 0.457 e. The summed E-state index contributed by atoms with van der Waals surface area (Å²) in [6.07, 6.45) is 2.25. The van der Waals surface area contributed by atoms with E-state index in [1.165, 1.54) is 0 Å². The van der Waals surface area contributed by atoms with Gasteiger partial charge in [-0.05, 0) is 65.7 Å². The van der Waals surface area contributed by atoms with Crippen molar-refractivity contribution in [2.75, 3.05) is 0 Å². The van der Waals surface area contributed by atoms with Crippen LogP contribution in [0.1, 0.15) is 42.3 Å². The van der Waals surface area contributed by atoms with E-state index in [2.05, 4.69) is 53.7 Å². The fourth-order valence-corrected chi connectivity index (χ4v) is 6.44. The highest BCUT2D eigenvalue weighted by atomic mass is 19.1. The van der Waals surface area contributed by atoms with Crippen molar-refractivity contribution in [1.29, 1.82) is 0 Å². The number of pyridine rings is 2. The van der Waals surface area contributed by atoms with Crippen LogP contribution in [0.4, 0.5) is 4.39 Å². The summed E-state index contributed by atoms with van der Waals surface area (Å²) in [5.41, 5.74) is 7.55. The summed E-state index contributed by atoms with van der Waals surface area (Å²) in [7, 11) is 0. The second-order valence-corrected chi connectivity index (χ2v) is 11.6. The number of benzene rings is 4. The zero-order valence-electron chi connectivity index (χ0n) is 23.8. The Morgan fingerprint density at radius 1 is 0.674 bits per heavy atom. The Kier molecular flexibility index (Phi) is 5.70. The highest BCUT2D eigenvalue weighted by Crippen LogP contribution is 2.50. The van der Waals surface area contributed by atoms with Gasteiger partial charge in [0.2, 0.25) is 0 Å². The fraction of sp³-hybridized carbons (Fsp3) is 0.105. The van der Waals surface area contributed by atoms with E-state index >= 15 is 4.39 Å². The maximum atomic E-state index is 16.2. The second-order valence-electron chi connectivity index (χ2n) is 11.6. The number of para-hydroxylation sites is 1. The van der Waals surface area contributed by atoms with Gasteiger partial charge in [0.05, 0.1) is 11.2 Å². The predicted molar refractivity (Wildman–Crippen MR) is 170 cm³/mol. The molecule has 1 unspecified atom stereocenters. The summed E-state index contributed by atoms with van der Waals surface area (Å²) in [6, 6.07) is 37.6. The van der Waals surface area contributed by atoms with E-state index in [-0.39, 0.29) is 5.41 Å². The minimum absolute atomic E-state index is 0.236. The first-order valence-corrected chi connectivity index (χ1v) is 14.5. The lowest BCUT2D eigenvalue weighted by Crippen LogP contribution is -2.24. The first-order valence-electron chi connectivity index (χ1n) is 14.5. The average molecular weight is 562 g/mol. The van der Waals surface area contributed by atoms with Crippen LogP contribution in [0, 0.1) is 0 Å². The van der Waals surface area contributed by atoms with Crippen molar-refractivity contribution >= 4 is 21.9 Å². The van der Waals surface area contributed by atoms with E-state index in [9.17, 15) is 0 Å². The number of hydrogen-bond acceptors (Lipinski definition) is 3. The molecular formula is C38H28FN3O. The zero-order valence-corrected chi connectivity index (χ0v) is 23.8. The van der Waals surface area contributed by atoms with Crippen molar-refractivity contribution in [1.82, 2.24) is 14.5 Å². The molecule has 0 bridgehead atoms. The number of nitrogens with zero attached hydrogens (tertiary/aromatic N) is 3. The molecule has 0 saturated carbocycles. The summed E-state index contributed by atoms with van der Waals surface area (Å²) in [6.45, 7) is 4.48. The van der Waals surface area contributed by atoms with Crippen LogP contribution in [0.15, 0.2) is 128 Å². The van der Waals surface area contributed by atoms with Gasteiger partial charge in [0.1, 0.15) is 17.1 Å². The van der Waals surface area contributed by atoms with Gasteiger partial charge in [-0.15, -0.1) is 0 Å². The Labute approximate surface area is 249 Å². The van der Waals surface area contributed by atoms with Crippen molar-refractivity contribution in [2.24, 2.45) is 0 Å². The number of hydrogen-bond donors (Lipinski definition) is 0. The molecule has 0 fully saturated rings. The molecule has 7 aromatic rings. The minimum Gasteiger partial charge on any atom is -0.457 e. The van der Waals surface area contributed by atoms with E-state index in [1.807, 2.05) is 84.9 Å². The normalized spacial score (nSPS) is 14.2. The van der Waals surface area contributed by atoms with Gasteiger partial charge >= 0.3 is 0 Å². The van der Waals surface area contributed by atoms with E-state index in [4.69, 9.17) is 9.72 Å². The van der Waals surface area contributed by atoms with E-state index in [0.29, 0.717) is 11.1 Å². The molecule has 0 saturated heterocycles.